The first kappa shape index (κ1) is 44.3. The molecule has 326 valence electrons. The summed E-state index contributed by atoms with van der Waals surface area (Å²) >= 11 is 0. The zero-order chi connectivity index (χ0) is 44.3. The fourth-order valence-corrected chi connectivity index (χ4v) is 7.25. The second-order valence-corrected chi connectivity index (χ2v) is 15.1. The maximum absolute atomic E-state index is 13.8. The highest BCUT2D eigenvalue weighted by atomic mass is 16.7. The summed E-state index contributed by atoms with van der Waals surface area (Å²) in [6.07, 6.45) is -11.5. The summed E-state index contributed by atoms with van der Waals surface area (Å²) in [6, 6.07) is 40.7. The summed E-state index contributed by atoms with van der Waals surface area (Å²) in [4.78, 5) is 67.5. The van der Waals surface area contributed by atoms with Crippen LogP contribution in [0, 0.1) is 11.8 Å². The van der Waals surface area contributed by atoms with Gasteiger partial charge in [-0.15, -0.1) is 0 Å². The van der Waals surface area contributed by atoms with Gasteiger partial charge in [-0.3, -0.25) is 0 Å². The molecule has 14 heteroatoms. The van der Waals surface area contributed by atoms with E-state index in [0.29, 0.717) is 5.56 Å². The Morgan fingerprint density at radius 1 is 0.429 bits per heavy atom. The van der Waals surface area contributed by atoms with Crippen LogP contribution in [0.15, 0.2) is 152 Å². The van der Waals surface area contributed by atoms with Crippen molar-refractivity contribution in [1.29, 1.82) is 0 Å². The lowest BCUT2D eigenvalue weighted by atomic mass is 9.83. The second-order valence-electron chi connectivity index (χ2n) is 15.1. The van der Waals surface area contributed by atoms with Gasteiger partial charge in [0.05, 0.1) is 40.5 Å². The van der Waals surface area contributed by atoms with Crippen molar-refractivity contribution in [2.24, 2.45) is 11.8 Å². The van der Waals surface area contributed by atoms with E-state index in [9.17, 15) is 29.1 Å². The lowest BCUT2D eigenvalue weighted by Gasteiger charge is -2.45. The highest BCUT2D eigenvalue weighted by Crippen LogP contribution is 2.36. The van der Waals surface area contributed by atoms with Crippen molar-refractivity contribution in [2.75, 3.05) is 13.2 Å². The molecule has 2 fully saturated rings. The molecule has 2 heterocycles. The number of rotatable bonds is 14. The Labute approximate surface area is 363 Å². The molecule has 10 atom stereocenters. The van der Waals surface area contributed by atoms with Crippen LogP contribution in [0.3, 0.4) is 0 Å². The maximum atomic E-state index is 13.8. The van der Waals surface area contributed by atoms with Crippen molar-refractivity contribution in [3.8, 4) is 0 Å². The molecule has 1 unspecified atom stereocenters. The van der Waals surface area contributed by atoms with Crippen LogP contribution >= 0.6 is 0 Å². The molecule has 0 saturated carbocycles. The summed E-state index contributed by atoms with van der Waals surface area (Å²) in [5.41, 5.74) is 0.998. The van der Waals surface area contributed by atoms with E-state index in [0.717, 1.165) is 0 Å². The molecule has 1 N–H and O–H groups in total. The van der Waals surface area contributed by atoms with Crippen LogP contribution in [-0.2, 0) is 37.9 Å². The Hall–Kier alpha value is -6.71. The smallest absolute Gasteiger partial charge is 0.338 e. The average Bonchev–Trinajstić information content (AvgIpc) is 3.33. The third-order valence-corrected chi connectivity index (χ3v) is 10.9. The molecular formula is C49H46O14. The van der Waals surface area contributed by atoms with Crippen LogP contribution in [0.5, 0.6) is 0 Å². The summed E-state index contributed by atoms with van der Waals surface area (Å²) in [5.74, 6) is -4.62. The van der Waals surface area contributed by atoms with E-state index in [4.69, 9.17) is 37.9 Å². The molecule has 63 heavy (non-hydrogen) atoms. The summed E-state index contributed by atoms with van der Waals surface area (Å²) in [7, 11) is 0. The van der Waals surface area contributed by atoms with E-state index in [1.807, 2.05) is 13.8 Å². The van der Waals surface area contributed by atoms with Crippen molar-refractivity contribution in [3.05, 3.63) is 179 Å². The first-order chi connectivity index (χ1) is 30.6. The average molecular weight is 859 g/mol. The van der Waals surface area contributed by atoms with Crippen LogP contribution in [-0.4, -0.2) is 97.4 Å². The van der Waals surface area contributed by atoms with Gasteiger partial charge >= 0.3 is 29.8 Å². The van der Waals surface area contributed by atoms with E-state index >= 15 is 0 Å². The van der Waals surface area contributed by atoms with Gasteiger partial charge in [0.1, 0.15) is 12.7 Å². The molecule has 5 aromatic rings. The van der Waals surface area contributed by atoms with Gasteiger partial charge in [-0.25, -0.2) is 24.0 Å². The van der Waals surface area contributed by atoms with Crippen LogP contribution < -0.4 is 0 Å². The standard InChI is InChI=1S/C49H46O14/c1-30-31(2)39(60-44(51)33-20-10-4-11-21-33)49(59-37(30)28-56-43(50)32-18-8-3-9-19-32)57-29-38-40(61-45(52)34-22-12-5-13-23-34)41(62-46(53)35-24-14-6-15-25-35)42(48(55)58-38)63-47(54)36-26-16-7-17-27-36/h3-27,30-31,37-42,48-49,55H,28-29H2,1-2H3/t30-,31-,37+,38+,39+,40+,41-,42+,48?,49+/m0/s1. The topological polar surface area (TPSA) is 179 Å². The number of aliphatic hydroxyl groups is 1. The Morgan fingerprint density at radius 2 is 0.794 bits per heavy atom. The van der Waals surface area contributed by atoms with Crippen LogP contribution in [0.2, 0.25) is 0 Å². The number of carbonyl (C=O) groups is 5. The van der Waals surface area contributed by atoms with Crippen molar-refractivity contribution < 1.29 is 67.0 Å². The number of ether oxygens (including phenoxy) is 8. The van der Waals surface area contributed by atoms with Gasteiger partial charge in [-0.05, 0) is 66.6 Å². The highest BCUT2D eigenvalue weighted by Gasteiger charge is 2.53. The minimum Gasteiger partial charge on any atom is -0.459 e. The first-order valence-corrected chi connectivity index (χ1v) is 20.4. The van der Waals surface area contributed by atoms with Gasteiger partial charge < -0.3 is 43.0 Å². The zero-order valence-electron chi connectivity index (χ0n) is 34.4. The van der Waals surface area contributed by atoms with Gasteiger partial charge in [0.15, 0.2) is 37.0 Å². The second kappa shape index (κ2) is 20.9. The van der Waals surface area contributed by atoms with Gasteiger partial charge in [0.25, 0.3) is 0 Å². The monoisotopic (exact) mass is 858 g/mol. The van der Waals surface area contributed by atoms with Crippen LogP contribution in [0.1, 0.15) is 65.6 Å². The number of aliphatic hydroxyl groups excluding tert-OH is 1. The first-order valence-electron chi connectivity index (χ1n) is 20.4. The van der Waals surface area contributed by atoms with Crippen molar-refractivity contribution in [1.82, 2.24) is 0 Å². The third kappa shape index (κ3) is 11.0. The third-order valence-electron chi connectivity index (χ3n) is 10.9. The predicted octanol–water partition coefficient (Wildman–Crippen LogP) is 6.48. The SMILES string of the molecule is C[C@H]1[C@H](C)[C@@H](COC(=O)c2ccccc2)O[C@@H](OC[C@H]2OC(O)[C@H](OC(=O)c3ccccc3)[C@@H](OC(=O)c3ccccc3)[C@@H]2OC(=O)c2ccccc2)[C@@H]1OC(=O)c1ccccc1. The zero-order valence-corrected chi connectivity index (χ0v) is 34.4. The Balaban J connectivity index is 1.19. The molecular weight excluding hydrogens is 813 g/mol. The van der Waals surface area contributed by atoms with Crippen LogP contribution in [0.4, 0.5) is 0 Å². The highest BCUT2D eigenvalue weighted by molar-refractivity contribution is 5.92. The molecule has 0 aliphatic carbocycles. The van der Waals surface area contributed by atoms with Gasteiger partial charge in [0, 0.05) is 5.92 Å². The van der Waals surface area contributed by atoms with E-state index in [2.05, 4.69) is 0 Å². The fourth-order valence-electron chi connectivity index (χ4n) is 7.25. The van der Waals surface area contributed by atoms with Crippen molar-refractivity contribution >= 4 is 29.8 Å². The Bertz CT molecular complexity index is 2290. The van der Waals surface area contributed by atoms with Crippen molar-refractivity contribution in [3.63, 3.8) is 0 Å². The van der Waals surface area contributed by atoms with E-state index < -0.39 is 91.6 Å². The Morgan fingerprint density at radius 3 is 1.22 bits per heavy atom. The predicted molar refractivity (Wildman–Crippen MR) is 223 cm³/mol. The largest absolute Gasteiger partial charge is 0.459 e. The molecule has 0 spiro atoms. The fraction of sp³-hybridized carbons (Fsp3) is 0.286. The number of esters is 5. The van der Waals surface area contributed by atoms with Gasteiger partial charge in [0.2, 0.25) is 0 Å². The molecule has 5 aromatic carbocycles. The van der Waals surface area contributed by atoms with E-state index in [1.165, 1.54) is 36.4 Å². The molecule has 0 aromatic heterocycles. The quantitative estimate of drug-likeness (QED) is 0.0948. The molecule has 2 saturated heterocycles. The molecule has 0 amide bonds. The van der Waals surface area contributed by atoms with Gasteiger partial charge in [-0.2, -0.15) is 0 Å². The number of benzene rings is 5. The summed E-state index contributed by atoms with van der Waals surface area (Å²) in [5, 5.41) is 11.6. The van der Waals surface area contributed by atoms with E-state index in [1.54, 1.807) is 115 Å². The maximum Gasteiger partial charge on any atom is 0.338 e. The van der Waals surface area contributed by atoms with Crippen molar-refractivity contribution in [2.45, 2.75) is 63.1 Å². The molecule has 2 aliphatic rings. The lowest BCUT2D eigenvalue weighted by molar-refractivity contribution is -0.313. The summed E-state index contributed by atoms with van der Waals surface area (Å²) in [6.45, 7) is 3.01. The number of hydrogen-bond acceptors (Lipinski definition) is 14. The number of hydrogen-bond donors (Lipinski definition) is 1. The van der Waals surface area contributed by atoms with Crippen LogP contribution in [0.25, 0.3) is 0 Å². The minimum absolute atomic E-state index is 0.119. The minimum atomic E-state index is -1.95. The Kier molecular flexibility index (Phi) is 14.7. The summed E-state index contributed by atoms with van der Waals surface area (Å²) < 4.78 is 48.4. The molecule has 2 aliphatic heterocycles. The van der Waals surface area contributed by atoms with E-state index in [-0.39, 0.29) is 34.8 Å². The molecule has 14 nitrogen and oxygen atoms in total. The van der Waals surface area contributed by atoms with Gasteiger partial charge in [-0.1, -0.05) is 105 Å². The lowest BCUT2D eigenvalue weighted by Crippen LogP contribution is -2.63. The number of carbonyl (C=O) groups excluding carboxylic acids is 5. The normalized spacial score (nSPS) is 25.4. The molecule has 0 bridgehead atoms. The molecule has 0 radical (unpaired) electrons. The molecule has 7 rings (SSSR count).